The number of carboxylic acids is 2. The summed E-state index contributed by atoms with van der Waals surface area (Å²) in [5.74, 6) is -3.31. The number of aliphatic carboxylic acids is 2. The number of guanidine groups is 1. The fraction of sp³-hybridized carbons (Fsp3) is 0.312. The van der Waals surface area contributed by atoms with E-state index in [1.807, 2.05) is 12.1 Å². The van der Waals surface area contributed by atoms with Gasteiger partial charge in [-0.25, -0.2) is 4.79 Å². The number of aliphatic hydroxyl groups excluding tert-OH is 1. The summed E-state index contributed by atoms with van der Waals surface area (Å²) in [6.45, 7) is 2.82. The van der Waals surface area contributed by atoms with E-state index in [2.05, 4.69) is 41.5 Å². The van der Waals surface area contributed by atoms with Crippen LogP contribution >= 0.6 is 15.9 Å². The number of rotatable bonds is 4. The Hall–Kier alpha value is -2.79. The van der Waals surface area contributed by atoms with Gasteiger partial charge in [-0.1, -0.05) is 0 Å². The van der Waals surface area contributed by atoms with Crippen LogP contribution in [-0.4, -0.2) is 62.4 Å². The van der Waals surface area contributed by atoms with Crippen LogP contribution in [0.25, 0.3) is 11.0 Å². The topological polar surface area (TPSA) is 157 Å². The normalized spacial score (nSPS) is 15.0. The van der Waals surface area contributed by atoms with E-state index in [0.717, 1.165) is 47.2 Å². The van der Waals surface area contributed by atoms with Crippen LogP contribution in [0.3, 0.4) is 0 Å². The minimum absolute atomic E-state index is 0.800. The lowest BCUT2D eigenvalue weighted by Crippen LogP contribution is -2.32. The number of halogens is 1. The maximum atomic E-state index is 10.0. The average Bonchev–Trinajstić information content (AvgIpc) is 3.16. The molecule has 2 heterocycles. The van der Waals surface area contributed by atoms with Crippen LogP contribution in [-0.2, 0) is 9.59 Å². The molecule has 10 nitrogen and oxygen atoms in total. The summed E-state index contributed by atoms with van der Waals surface area (Å²) in [5.41, 5.74) is 2.65. The largest absolute Gasteiger partial charge is 0.481 e. The smallest absolute Gasteiger partial charge is 0.333 e. The number of benzene rings is 1. The molecular formula is C16H18BrN5O5. The first-order valence-corrected chi connectivity index (χ1v) is 8.68. The molecular weight excluding hydrogens is 422 g/mol. The number of nitrogens with one attached hydrogen (secondary N) is 2. The molecule has 2 unspecified atom stereocenters. The highest BCUT2D eigenvalue weighted by Gasteiger charge is 2.27. The zero-order valence-electron chi connectivity index (χ0n) is 14.3. The van der Waals surface area contributed by atoms with Gasteiger partial charge in [-0.3, -0.25) is 19.8 Å². The number of hydrogen-bond acceptors (Lipinski definition) is 8. The van der Waals surface area contributed by atoms with E-state index in [0.29, 0.717) is 0 Å². The molecule has 0 fully saturated rings. The van der Waals surface area contributed by atoms with Gasteiger partial charge in [0, 0.05) is 18.9 Å². The van der Waals surface area contributed by atoms with Crippen molar-refractivity contribution in [3.63, 3.8) is 0 Å². The van der Waals surface area contributed by atoms with Crippen molar-refractivity contribution in [2.75, 3.05) is 18.4 Å². The molecule has 11 heteroatoms. The van der Waals surface area contributed by atoms with E-state index in [4.69, 9.17) is 15.3 Å². The van der Waals surface area contributed by atoms with Gasteiger partial charge in [-0.15, -0.1) is 0 Å². The number of fused-ring (bicyclic) bond motifs is 1. The highest BCUT2D eigenvalue weighted by Crippen LogP contribution is 2.28. The van der Waals surface area contributed by atoms with E-state index < -0.39 is 24.0 Å². The van der Waals surface area contributed by atoms with E-state index in [1.54, 1.807) is 12.4 Å². The molecule has 2 atom stereocenters. The molecule has 0 radical (unpaired) electrons. The predicted octanol–water partition coefficient (Wildman–Crippen LogP) is 0.916. The lowest BCUT2D eigenvalue weighted by molar-refractivity contribution is -0.158. The summed E-state index contributed by atoms with van der Waals surface area (Å²) in [5, 5.41) is 31.2. The number of anilines is 1. The van der Waals surface area contributed by atoms with Gasteiger partial charge in [0.2, 0.25) is 0 Å². The Morgan fingerprint density at radius 2 is 1.93 bits per heavy atom. The second-order valence-electron chi connectivity index (χ2n) is 5.54. The summed E-state index contributed by atoms with van der Waals surface area (Å²) in [6, 6.07) is 3.90. The molecule has 0 amide bonds. The Kier molecular flexibility index (Phi) is 7.02. The number of aliphatic hydroxyl groups is 1. The Morgan fingerprint density at radius 1 is 1.22 bits per heavy atom. The van der Waals surface area contributed by atoms with E-state index in [-0.39, 0.29) is 0 Å². The second kappa shape index (κ2) is 9.24. The van der Waals surface area contributed by atoms with Gasteiger partial charge >= 0.3 is 11.9 Å². The highest BCUT2D eigenvalue weighted by atomic mass is 79.9. The SMILES string of the molecule is Brc1c(NC2=NCCN2)ccc2nccnc12.CC(C(=O)O)C(O)C(=O)O. The fourth-order valence-corrected chi connectivity index (χ4v) is 2.59. The Labute approximate surface area is 162 Å². The monoisotopic (exact) mass is 439 g/mol. The lowest BCUT2D eigenvalue weighted by atomic mass is 10.1. The van der Waals surface area contributed by atoms with Crippen molar-refractivity contribution < 1.29 is 24.9 Å². The van der Waals surface area contributed by atoms with Crippen LogP contribution in [0.4, 0.5) is 5.69 Å². The van der Waals surface area contributed by atoms with E-state index in [9.17, 15) is 9.59 Å². The van der Waals surface area contributed by atoms with Crippen molar-refractivity contribution >= 4 is 50.5 Å². The van der Waals surface area contributed by atoms with Crippen molar-refractivity contribution in [2.45, 2.75) is 13.0 Å². The van der Waals surface area contributed by atoms with Gasteiger partial charge < -0.3 is 26.0 Å². The molecule has 1 aromatic heterocycles. The molecule has 1 aliphatic heterocycles. The molecule has 1 aliphatic rings. The maximum absolute atomic E-state index is 10.0. The number of carboxylic acid groups (broad SMARTS) is 2. The third-order valence-corrected chi connectivity index (χ3v) is 4.42. The average molecular weight is 440 g/mol. The lowest BCUT2D eigenvalue weighted by Gasteiger charge is -2.09. The molecule has 0 bridgehead atoms. The number of nitrogens with zero attached hydrogens (tertiary/aromatic N) is 3. The Balaban J connectivity index is 0.000000227. The van der Waals surface area contributed by atoms with Gasteiger partial charge in [0.25, 0.3) is 0 Å². The Morgan fingerprint density at radius 3 is 2.48 bits per heavy atom. The highest BCUT2D eigenvalue weighted by molar-refractivity contribution is 9.10. The summed E-state index contributed by atoms with van der Waals surface area (Å²) in [4.78, 5) is 32.8. The van der Waals surface area contributed by atoms with Crippen LogP contribution in [0.1, 0.15) is 6.92 Å². The van der Waals surface area contributed by atoms with Gasteiger partial charge in [0.15, 0.2) is 12.1 Å². The number of hydrogen-bond donors (Lipinski definition) is 5. The third-order valence-electron chi connectivity index (χ3n) is 3.62. The minimum Gasteiger partial charge on any atom is -0.481 e. The summed E-state index contributed by atoms with van der Waals surface area (Å²) >= 11 is 3.54. The molecule has 27 heavy (non-hydrogen) atoms. The second-order valence-corrected chi connectivity index (χ2v) is 6.34. The molecule has 144 valence electrons. The first-order valence-electron chi connectivity index (χ1n) is 7.89. The summed E-state index contributed by atoms with van der Waals surface area (Å²) in [7, 11) is 0. The van der Waals surface area contributed by atoms with Crippen LogP contribution in [0.2, 0.25) is 0 Å². The molecule has 2 aromatic rings. The summed E-state index contributed by atoms with van der Waals surface area (Å²) < 4.78 is 0.902. The van der Waals surface area contributed by atoms with Gasteiger partial charge in [0.05, 0.1) is 28.1 Å². The van der Waals surface area contributed by atoms with E-state index >= 15 is 0 Å². The van der Waals surface area contributed by atoms with Crippen molar-refractivity contribution in [3.8, 4) is 0 Å². The van der Waals surface area contributed by atoms with E-state index in [1.165, 1.54) is 0 Å². The number of aliphatic imine (C=N–C) groups is 1. The third kappa shape index (κ3) is 5.34. The van der Waals surface area contributed by atoms with Crippen molar-refractivity contribution in [1.29, 1.82) is 0 Å². The quantitative estimate of drug-likeness (QED) is 0.466. The van der Waals surface area contributed by atoms with Crippen molar-refractivity contribution in [3.05, 3.63) is 29.0 Å². The maximum Gasteiger partial charge on any atom is 0.333 e. The first-order chi connectivity index (χ1) is 12.8. The first kappa shape index (κ1) is 20.5. The molecule has 0 spiro atoms. The fourth-order valence-electron chi connectivity index (χ4n) is 2.06. The molecule has 0 saturated heterocycles. The van der Waals surface area contributed by atoms with Crippen LogP contribution in [0.5, 0.6) is 0 Å². The minimum atomic E-state index is -1.82. The van der Waals surface area contributed by atoms with Crippen LogP contribution in [0, 0.1) is 5.92 Å². The van der Waals surface area contributed by atoms with Gasteiger partial charge in [-0.05, 0) is 35.0 Å². The van der Waals surface area contributed by atoms with Crippen molar-refractivity contribution in [1.82, 2.24) is 15.3 Å². The molecule has 1 aromatic carbocycles. The van der Waals surface area contributed by atoms with Crippen molar-refractivity contribution in [2.24, 2.45) is 10.9 Å². The predicted molar refractivity (Wildman–Crippen MR) is 102 cm³/mol. The molecule has 5 N–H and O–H groups in total. The summed E-state index contributed by atoms with van der Waals surface area (Å²) in [6.07, 6.45) is 1.55. The zero-order chi connectivity index (χ0) is 20.0. The molecule has 3 rings (SSSR count). The standard InChI is InChI=1S/C11H10BrN5.C5H8O5/c12-9-7(17-11-15-5-6-16-11)1-2-8-10(9)14-4-3-13-8;1-2(4(7)8)3(6)5(9)10/h1-4H,5-6H2,(H2,15,16,17);2-3,6H,1H3,(H,7,8)(H,9,10). The number of aromatic nitrogens is 2. The van der Waals surface area contributed by atoms with Gasteiger partial charge in [0.1, 0.15) is 5.52 Å². The zero-order valence-corrected chi connectivity index (χ0v) is 15.8. The van der Waals surface area contributed by atoms with Crippen LogP contribution < -0.4 is 10.6 Å². The molecule has 0 saturated carbocycles. The Bertz CT molecular complexity index is 857. The molecule has 0 aliphatic carbocycles. The van der Waals surface area contributed by atoms with Crippen LogP contribution in [0.15, 0.2) is 34.0 Å². The number of carbonyl (C=O) groups is 2. The van der Waals surface area contributed by atoms with Gasteiger partial charge in [-0.2, -0.15) is 0 Å².